The summed E-state index contributed by atoms with van der Waals surface area (Å²) in [5.74, 6) is -0.0483. The van der Waals surface area contributed by atoms with Gasteiger partial charge in [-0.25, -0.2) is 12.7 Å². The van der Waals surface area contributed by atoms with Gasteiger partial charge in [0.15, 0.2) is 0 Å². The van der Waals surface area contributed by atoms with Crippen LogP contribution in [0.25, 0.3) is 0 Å². The Morgan fingerprint density at radius 3 is 2.14 bits per heavy atom. The molecule has 2 aromatic carbocycles. The van der Waals surface area contributed by atoms with Crippen molar-refractivity contribution in [2.24, 2.45) is 0 Å². The molecule has 28 heavy (non-hydrogen) atoms. The lowest BCUT2D eigenvalue weighted by Gasteiger charge is -2.19. The van der Waals surface area contributed by atoms with Crippen molar-refractivity contribution < 1.29 is 13.2 Å². The minimum atomic E-state index is -3.50. The van der Waals surface area contributed by atoms with Gasteiger partial charge in [0.2, 0.25) is 15.9 Å². The van der Waals surface area contributed by atoms with Gasteiger partial charge in [0.05, 0.1) is 4.90 Å². The Morgan fingerprint density at radius 1 is 0.893 bits per heavy atom. The third kappa shape index (κ3) is 6.65. The largest absolute Gasteiger partial charge is 0.375 e. The smallest absolute Gasteiger partial charge is 0.242 e. The number of anilines is 1. The molecular weight excluding hydrogens is 374 g/mol. The zero-order valence-corrected chi connectivity index (χ0v) is 17.4. The van der Waals surface area contributed by atoms with Crippen LogP contribution >= 0.6 is 0 Å². The number of benzene rings is 2. The van der Waals surface area contributed by atoms with E-state index in [0.717, 1.165) is 18.7 Å². The zero-order chi connectivity index (χ0) is 20.4. The molecule has 0 fully saturated rings. The fraction of sp³-hybridized carbons (Fsp3) is 0.381. The van der Waals surface area contributed by atoms with Gasteiger partial charge in [-0.05, 0) is 37.1 Å². The molecule has 2 rings (SSSR count). The quantitative estimate of drug-likeness (QED) is 0.586. The number of para-hydroxylation sites is 1. The highest BCUT2D eigenvalue weighted by Crippen LogP contribution is 2.14. The van der Waals surface area contributed by atoms with Crippen molar-refractivity contribution in [3.8, 4) is 0 Å². The highest BCUT2D eigenvalue weighted by molar-refractivity contribution is 7.89. The van der Waals surface area contributed by atoms with Crippen molar-refractivity contribution >= 4 is 21.6 Å². The lowest BCUT2D eigenvalue weighted by Crippen LogP contribution is -2.30. The predicted molar refractivity (Wildman–Crippen MR) is 113 cm³/mol. The SMILES string of the molecule is CN(CCCNC(=O)CCCN(C)S(=O)(=O)c1ccccc1)c1ccccc1. The first-order valence-electron chi connectivity index (χ1n) is 9.45. The molecule has 0 aliphatic rings. The number of carbonyl (C=O) groups excluding carboxylic acids is 1. The summed E-state index contributed by atoms with van der Waals surface area (Å²) in [4.78, 5) is 14.4. The Balaban J connectivity index is 1.63. The minimum Gasteiger partial charge on any atom is -0.375 e. The summed E-state index contributed by atoms with van der Waals surface area (Å²) >= 11 is 0. The standard InChI is InChI=1S/C21H29N3O3S/c1-23(19-11-5-3-6-12-19)17-10-16-22-21(25)15-9-18-24(2)28(26,27)20-13-7-4-8-14-20/h3-8,11-14H,9-10,15-18H2,1-2H3,(H,22,25). The predicted octanol–water partition coefficient (Wildman–Crippen LogP) is 2.73. The second-order valence-electron chi connectivity index (χ2n) is 6.70. The lowest BCUT2D eigenvalue weighted by atomic mass is 10.2. The first kappa shape index (κ1) is 21.9. The fourth-order valence-electron chi connectivity index (χ4n) is 2.80. The molecule has 7 heteroatoms. The molecule has 0 atom stereocenters. The number of hydrogen-bond donors (Lipinski definition) is 1. The average Bonchev–Trinajstić information content (AvgIpc) is 2.72. The summed E-state index contributed by atoms with van der Waals surface area (Å²) in [6.45, 7) is 1.76. The van der Waals surface area contributed by atoms with E-state index in [-0.39, 0.29) is 10.8 Å². The first-order chi connectivity index (χ1) is 13.4. The van der Waals surface area contributed by atoms with Crippen LogP contribution in [0.3, 0.4) is 0 Å². The van der Waals surface area contributed by atoms with Gasteiger partial charge in [-0.2, -0.15) is 0 Å². The Labute approximate surface area is 168 Å². The molecule has 152 valence electrons. The molecule has 0 aliphatic carbocycles. The van der Waals surface area contributed by atoms with Gasteiger partial charge in [0, 0.05) is 45.8 Å². The van der Waals surface area contributed by atoms with Crippen molar-refractivity contribution in [2.75, 3.05) is 38.6 Å². The van der Waals surface area contributed by atoms with Crippen LogP contribution in [0.5, 0.6) is 0 Å². The molecule has 0 saturated heterocycles. The van der Waals surface area contributed by atoms with E-state index in [0.29, 0.717) is 25.9 Å². The highest BCUT2D eigenvalue weighted by atomic mass is 32.2. The van der Waals surface area contributed by atoms with E-state index >= 15 is 0 Å². The van der Waals surface area contributed by atoms with Crippen LogP contribution in [0.1, 0.15) is 19.3 Å². The number of hydrogen-bond acceptors (Lipinski definition) is 4. The molecule has 0 unspecified atom stereocenters. The maximum atomic E-state index is 12.4. The molecule has 0 radical (unpaired) electrons. The van der Waals surface area contributed by atoms with Gasteiger partial charge in [0.25, 0.3) is 0 Å². The molecule has 0 saturated carbocycles. The van der Waals surface area contributed by atoms with Gasteiger partial charge in [-0.15, -0.1) is 0 Å². The monoisotopic (exact) mass is 403 g/mol. The summed E-state index contributed by atoms with van der Waals surface area (Å²) in [5.41, 5.74) is 1.15. The second-order valence-corrected chi connectivity index (χ2v) is 8.75. The Kier molecular flexibility index (Phi) is 8.47. The van der Waals surface area contributed by atoms with Crippen LogP contribution < -0.4 is 10.2 Å². The molecule has 0 aliphatic heterocycles. The fourth-order valence-corrected chi connectivity index (χ4v) is 4.03. The summed E-state index contributed by atoms with van der Waals surface area (Å²) in [6, 6.07) is 18.4. The van der Waals surface area contributed by atoms with E-state index in [9.17, 15) is 13.2 Å². The third-order valence-electron chi connectivity index (χ3n) is 4.52. The maximum absolute atomic E-state index is 12.4. The topological polar surface area (TPSA) is 69.7 Å². The second kappa shape index (κ2) is 10.8. The molecule has 0 spiro atoms. The van der Waals surface area contributed by atoms with Gasteiger partial charge < -0.3 is 10.2 Å². The summed E-state index contributed by atoms with van der Waals surface area (Å²) < 4.78 is 26.1. The van der Waals surface area contributed by atoms with E-state index in [1.807, 2.05) is 25.2 Å². The minimum absolute atomic E-state index is 0.0483. The maximum Gasteiger partial charge on any atom is 0.242 e. The van der Waals surface area contributed by atoms with E-state index < -0.39 is 10.0 Å². The number of carbonyl (C=O) groups is 1. The number of amides is 1. The molecule has 0 aromatic heterocycles. The van der Waals surface area contributed by atoms with Crippen molar-refractivity contribution in [1.29, 1.82) is 0 Å². The number of sulfonamides is 1. The van der Waals surface area contributed by atoms with Crippen LogP contribution in [-0.4, -0.2) is 52.4 Å². The highest BCUT2D eigenvalue weighted by Gasteiger charge is 2.19. The van der Waals surface area contributed by atoms with Crippen LogP contribution in [0.2, 0.25) is 0 Å². The third-order valence-corrected chi connectivity index (χ3v) is 6.39. The summed E-state index contributed by atoms with van der Waals surface area (Å²) in [5, 5.41) is 2.90. The molecule has 1 amide bonds. The van der Waals surface area contributed by atoms with Gasteiger partial charge in [-0.1, -0.05) is 36.4 Å². The van der Waals surface area contributed by atoms with Crippen molar-refractivity contribution in [3.63, 3.8) is 0 Å². The Hall–Kier alpha value is -2.38. The van der Waals surface area contributed by atoms with Crippen molar-refractivity contribution in [3.05, 3.63) is 60.7 Å². The van der Waals surface area contributed by atoms with Crippen LogP contribution in [0, 0.1) is 0 Å². The van der Waals surface area contributed by atoms with Crippen LogP contribution in [0.15, 0.2) is 65.6 Å². The number of nitrogens with one attached hydrogen (secondary N) is 1. The van der Waals surface area contributed by atoms with Crippen LogP contribution in [-0.2, 0) is 14.8 Å². The number of rotatable bonds is 11. The first-order valence-corrected chi connectivity index (χ1v) is 10.9. The molecule has 0 bridgehead atoms. The summed E-state index contributed by atoms with van der Waals surface area (Å²) in [6.07, 6.45) is 1.64. The Morgan fingerprint density at radius 2 is 1.50 bits per heavy atom. The average molecular weight is 404 g/mol. The normalized spacial score (nSPS) is 11.4. The molecule has 6 nitrogen and oxygen atoms in total. The van der Waals surface area contributed by atoms with Gasteiger partial charge in [0.1, 0.15) is 0 Å². The van der Waals surface area contributed by atoms with E-state index in [2.05, 4.69) is 22.3 Å². The van der Waals surface area contributed by atoms with Gasteiger partial charge in [-0.3, -0.25) is 4.79 Å². The lowest BCUT2D eigenvalue weighted by molar-refractivity contribution is -0.121. The molecular formula is C21H29N3O3S. The Bertz CT molecular complexity index is 826. The molecule has 2 aromatic rings. The van der Waals surface area contributed by atoms with Crippen molar-refractivity contribution in [2.45, 2.75) is 24.2 Å². The number of nitrogens with zero attached hydrogens (tertiary/aromatic N) is 2. The zero-order valence-electron chi connectivity index (χ0n) is 16.5. The van der Waals surface area contributed by atoms with Crippen LogP contribution in [0.4, 0.5) is 5.69 Å². The summed E-state index contributed by atoms with van der Waals surface area (Å²) in [7, 11) is 0.0716. The molecule has 0 heterocycles. The van der Waals surface area contributed by atoms with E-state index in [1.165, 1.54) is 4.31 Å². The van der Waals surface area contributed by atoms with Gasteiger partial charge >= 0.3 is 0 Å². The van der Waals surface area contributed by atoms with E-state index in [1.54, 1.807) is 37.4 Å². The van der Waals surface area contributed by atoms with E-state index in [4.69, 9.17) is 0 Å². The van der Waals surface area contributed by atoms with Crippen molar-refractivity contribution in [1.82, 2.24) is 9.62 Å². The molecule has 1 N–H and O–H groups in total.